The third kappa shape index (κ3) is 5.62. The molecule has 3 N–H and O–H groups in total. The Hall–Kier alpha value is -1.91. The monoisotopic (exact) mass is 333 g/mol. The lowest BCUT2D eigenvalue weighted by Gasteiger charge is -2.28. The van der Waals surface area contributed by atoms with Crippen LogP contribution in [0.15, 0.2) is 23.2 Å². The summed E-state index contributed by atoms with van der Waals surface area (Å²) in [5.74, 6) is 2.38. The first-order valence-electron chi connectivity index (χ1n) is 9.03. The molecular formula is C19H31N3O2. The Morgan fingerprint density at radius 1 is 1.38 bits per heavy atom. The van der Waals surface area contributed by atoms with Crippen LogP contribution in [0, 0.1) is 5.92 Å². The van der Waals surface area contributed by atoms with Gasteiger partial charge >= 0.3 is 0 Å². The van der Waals surface area contributed by atoms with Crippen LogP contribution < -0.4 is 15.4 Å². The van der Waals surface area contributed by atoms with E-state index in [0.29, 0.717) is 18.3 Å². The zero-order valence-corrected chi connectivity index (χ0v) is 15.1. The van der Waals surface area contributed by atoms with Crippen molar-refractivity contribution in [3.63, 3.8) is 0 Å². The zero-order valence-electron chi connectivity index (χ0n) is 15.1. The standard InChI is InChI=1S/C19H31N3O2/c1-4-20-19(22-16-7-5-6-14(2)12-16)21-11-10-15-8-9-17(23)18(13-15)24-3/h8-9,13-14,16,23H,4-7,10-12H2,1-3H3,(H2,20,21,22). The summed E-state index contributed by atoms with van der Waals surface area (Å²) >= 11 is 0. The van der Waals surface area contributed by atoms with Crippen LogP contribution in [0.2, 0.25) is 0 Å². The van der Waals surface area contributed by atoms with Gasteiger partial charge in [0.2, 0.25) is 0 Å². The molecule has 0 bridgehead atoms. The minimum absolute atomic E-state index is 0.172. The van der Waals surface area contributed by atoms with Crippen molar-refractivity contribution in [1.29, 1.82) is 0 Å². The lowest BCUT2D eigenvalue weighted by atomic mass is 9.87. The number of ether oxygens (including phenoxy) is 1. The van der Waals surface area contributed by atoms with Crippen molar-refractivity contribution in [3.05, 3.63) is 23.8 Å². The Kier molecular flexibility index (Phi) is 7.22. The normalized spacial score (nSPS) is 21.4. The summed E-state index contributed by atoms with van der Waals surface area (Å²) in [6.45, 7) is 5.98. The van der Waals surface area contributed by atoms with E-state index in [1.165, 1.54) is 25.7 Å². The van der Waals surface area contributed by atoms with Gasteiger partial charge in [-0.05, 0) is 49.8 Å². The maximum Gasteiger partial charge on any atom is 0.191 e. The van der Waals surface area contributed by atoms with E-state index in [2.05, 4.69) is 24.5 Å². The molecule has 0 amide bonds. The summed E-state index contributed by atoms with van der Waals surface area (Å²) < 4.78 is 5.15. The van der Waals surface area contributed by atoms with Gasteiger partial charge in [-0.3, -0.25) is 4.99 Å². The Morgan fingerprint density at radius 3 is 2.92 bits per heavy atom. The molecule has 5 nitrogen and oxygen atoms in total. The second-order valence-corrected chi connectivity index (χ2v) is 6.63. The number of phenols is 1. The van der Waals surface area contributed by atoms with Gasteiger partial charge in [0.1, 0.15) is 0 Å². The van der Waals surface area contributed by atoms with E-state index in [1.807, 2.05) is 12.1 Å². The highest BCUT2D eigenvalue weighted by Crippen LogP contribution is 2.26. The quantitative estimate of drug-likeness (QED) is 0.553. The van der Waals surface area contributed by atoms with Crippen molar-refractivity contribution < 1.29 is 9.84 Å². The molecule has 2 rings (SSSR count). The van der Waals surface area contributed by atoms with Gasteiger partial charge in [-0.25, -0.2) is 0 Å². The summed E-state index contributed by atoms with van der Waals surface area (Å²) in [6.07, 6.45) is 5.90. The van der Waals surface area contributed by atoms with Crippen LogP contribution in [-0.2, 0) is 6.42 Å². The predicted molar refractivity (Wildman–Crippen MR) is 98.9 cm³/mol. The van der Waals surface area contributed by atoms with Crippen LogP contribution in [-0.4, -0.2) is 37.3 Å². The molecule has 1 aliphatic carbocycles. The first-order valence-corrected chi connectivity index (χ1v) is 9.03. The summed E-state index contributed by atoms with van der Waals surface area (Å²) in [6, 6.07) is 5.98. The fourth-order valence-corrected chi connectivity index (χ4v) is 3.25. The molecule has 0 radical (unpaired) electrons. The molecule has 134 valence electrons. The number of hydrogen-bond acceptors (Lipinski definition) is 3. The van der Waals surface area contributed by atoms with Crippen LogP contribution in [0.5, 0.6) is 11.5 Å². The summed E-state index contributed by atoms with van der Waals surface area (Å²) in [7, 11) is 1.56. The third-order valence-corrected chi connectivity index (χ3v) is 4.54. The van der Waals surface area contributed by atoms with Gasteiger partial charge in [0.05, 0.1) is 7.11 Å². The smallest absolute Gasteiger partial charge is 0.191 e. The van der Waals surface area contributed by atoms with E-state index >= 15 is 0 Å². The van der Waals surface area contributed by atoms with Crippen LogP contribution in [0.4, 0.5) is 0 Å². The molecule has 24 heavy (non-hydrogen) atoms. The van der Waals surface area contributed by atoms with Gasteiger partial charge in [-0.15, -0.1) is 0 Å². The summed E-state index contributed by atoms with van der Waals surface area (Å²) in [4.78, 5) is 4.70. The zero-order chi connectivity index (χ0) is 17.4. The Labute approximate surface area is 145 Å². The molecule has 1 saturated carbocycles. The van der Waals surface area contributed by atoms with Gasteiger partial charge in [0.25, 0.3) is 0 Å². The van der Waals surface area contributed by atoms with Gasteiger partial charge < -0.3 is 20.5 Å². The van der Waals surface area contributed by atoms with E-state index in [1.54, 1.807) is 13.2 Å². The molecule has 2 unspecified atom stereocenters. The molecule has 1 aromatic carbocycles. The number of nitrogens with one attached hydrogen (secondary N) is 2. The van der Waals surface area contributed by atoms with Gasteiger partial charge in [0, 0.05) is 19.1 Å². The first-order chi connectivity index (χ1) is 11.6. The maximum absolute atomic E-state index is 9.65. The molecule has 1 aliphatic rings. The molecule has 0 aromatic heterocycles. The highest BCUT2D eigenvalue weighted by Gasteiger charge is 2.19. The van der Waals surface area contributed by atoms with Gasteiger partial charge in [-0.2, -0.15) is 0 Å². The lowest BCUT2D eigenvalue weighted by Crippen LogP contribution is -2.45. The van der Waals surface area contributed by atoms with Crippen LogP contribution in [0.3, 0.4) is 0 Å². The Morgan fingerprint density at radius 2 is 2.21 bits per heavy atom. The van der Waals surface area contributed by atoms with Crippen molar-refractivity contribution in [2.75, 3.05) is 20.2 Å². The predicted octanol–water partition coefficient (Wildman–Crippen LogP) is 3.08. The molecule has 2 atom stereocenters. The number of benzene rings is 1. The minimum atomic E-state index is 0.172. The number of nitrogens with zero attached hydrogens (tertiary/aromatic N) is 1. The molecule has 0 saturated heterocycles. The largest absolute Gasteiger partial charge is 0.504 e. The number of aromatic hydroxyl groups is 1. The van der Waals surface area contributed by atoms with Crippen LogP contribution in [0.25, 0.3) is 0 Å². The van der Waals surface area contributed by atoms with E-state index in [9.17, 15) is 5.11 Å². The average Bonchev–Trinajstić information content (AvgIpc) is 2.56. The number of hydrogen-bond donors (Lipinski definition) is 3. The molecule has 1 aromatic rings. The molecule has 5 heteroatoms. The Balaban J connectivity index is 1.90. The van der Waals surface area contributed by atoms with Crippen molar-refractivity contribution in [2.45, 2.75) is 52.0 Å². The second kappa shape index (κ2) is 9.40. The number of aliphatic imine (C=N–C) groups is 1. The first kappa shape index (κ1) is 18.4. The molecule has 0 aliphatic heterocycles. The lowest BCUT2D eigenvalue weighted by molar-refractivity contribution is 0.324. The minimum Gasteiger partial charge on any atom is -0.504 e. The molecule has 0 spiro atoms. The van der Waals surface area contributed by atoms with Gasteiger partial charge in [0.15, 0.2) is 17.5 Å². The van der Waals surface area contributed by atoms with Crippen molar-refractivity contribution in [2.24, 2.45) is 10.9 Å². The molecule has 1 fully saturated rings. The van der Waals surface area contributed by atoms with Crippen LogP contribution in [0.1, 0.15) is 45.1 Å². The second-order valence-electron chi connectivity index (χ2n) is 6.63. The maximum atomic E-state index is 9.65. The van der Waals surface area contributed by atoms with Crippen LogP contribution >= 0.6 is 0 Å². The third-order valence-electron chi connectivity index (χ3n) is 4.54. The fourth-order valence-electron chi connectivity index (χ4n) is 3.25. The topological polar surface area (TPSA) is 65.9 Å². The highest BCUT2D eigenvalue weighted by atomic mass is 16.5. The summed E-state index contributed by atoms with van der Waals surface area (Å²) in [5.41, 5.74) is 1.11. The number of methoxy groups -OCH3 is 1. The van der Waals surface area contributed by atoms with Crippen molar-refractivity contribution in [1.82, 2.24) is 10.6 Å². The number of guanidine groups is 1. The van der Waals surface area contributed by atoms with E-state index in [0.717, 1.165) is 30.4 Å². The Bertz CT molecular complexity index is 545. The highest BCUT2D eigenvalue weighted by molar-refractivity contribution is 5.80. The van der Waals surface area contributed by atoms with Crippen molar-refractivity contribution >= 4 is 5.96 Å². The average molecular weight is 333 g/mol. The SMILES string of the molecule is CCNC(=NCCc1ccc(O)c(OC)c1)NC1CCCC(C)C1. The number of rotatable bonds is 6. The van der Waals surface area contributed by atoms with E-state index < -0.39 is 0 Å². The van der Waals surface area contributed by atoms with Crippen molar-refractivity contribution in [3.8, 4) is 11.5 Å². The molecular weight excluding hydrogens is 302 g/mol. The van der Waals surface area contributed by atoms with E-state index in [4.69, 9.17) is 9.73 Å². The van der Waals surface area contributed by atoms with E-state index in [-0.39, 0.29) is 5.75 Å². The van der Waals surface area contributed by atoms with Gasteiger partial charge in [-0.1, -0.05) is 25.8 Å². The fraction of sp³-hybridized carbons (Fsp3) is 0.632. The summed E-state index contributed by atoms with van der Waals surface area (Å²) in [5, 5.41) is 16.6. The number of phenolic OH excluding ortho intramolecular Hbond substituents is 1. The molecule has 0 heterocycles.